The molecule has 20 heavy (non-hydrogen) atoms. The largest absolute Gasteiger partial charge is 0.478 e. The van der Waals surface area contributed by atoms with Gasteiger partial charge in [0.2, 0.25) is 0 Å². The van der Waals surface area contributed by atoms with Gasteiger partial charge in [-0.3, -0.25) is 0 Å². The van der Waals surface area contributed by atoms with Crippen LogP contribution < -0.4 is 5.32 Å². The maximum Gasteiger partial charge on any atom is 0.407 e. The van der Waals surface area contributed by atoms with E-state index in [4.69, 9.17) is 5.11 Å². The lowest BCUT2D eigenvalue weighted by Gasteiger charge is -2.19. The number of carbonyl (C=O) groups is 2. The fraction of sp³-hybridized carbons (Fsp3) is 0.333. The number of amides is 1. The van der Waals surface area contributed by atoms with Crippen molar-refractivity contribution in [3.05, 3.63) is 34.6 Å². The molecule has 1 aliphatic carbocycles. The Bertz CT molecular complexity index is 599. The molecule has 2 N–H and O–H groups in total. The number of halogens is 3. The van der Waals surface area contributed by atoms with Crippen molar-refractivity contribution in [2.45, 2.75) is 18.4 Å². The van der Waals surface area contributed by atoms with Crippen molar-refractivity contribution < 1.29 is 32.6 Å². The molecule has 0 bridgehead atoms. The Kier molecular flexibility index (Phi) is 3.33. The average Bonchev–Trinajstić information content (AvgIpc) is 3.13. The average molecular weight is 289 g/mol. The summed E-state index contributed by atoms with van der Waals surface area (Å²) in [6, 6.07) is 0.398. The summed E-state index contributed by atoms with van der Waals surface area (Å²) in [5.41, 5.74) is -3.18. The van der Waals surface area contributed by atoms with E-state index in [1.807, 2.05) is 0 Å². The number of alkyl carbamates (subject to hydrolysis) is 1. The van der Waals surface area contributed by atoms with E-state index in [0.717, 1.165) is 7.11 Å². The number of methoxy groups -OCH3 is 1. The molecule has 1 aromatic rings. The van der Waals surface area contributed by atoms with Crippen LogP contribution in [-0.2, 0) is 10.3 Å². The van der Waals surface area contributed by atoms with Crippen molar-refractivity contribution in [1.29, 1.82) is 0 Å². The highest BCUT2D eigenvalue weighted by Gasteiger charge is 2.50. The van der Waals surface area contributed by atoms with Gasteiger partial charge in [-0.2, -0.15) is 0 Å². The number of carbonyl (C=O) groups excluding carboxylic acids is 1. The lowest BCUT2D eigenvalue weighted by molar-refractivity contribution is 0.0689. The fourth-order valence-electron chi connectivity index (χ4n) is 2.00. The maximum atomic E-state index is 13.9. The summed E-state index contributed by atoms with van der Waals surface area (Å²) < 4.78 is 45.7. The van der Waals surface area contributed by atoms with Gasteiger partial charge in [0.1, 0.15) is 11.4 Å². The minimum Gasteiger partial charge on any atom is -0.478 e. The molecule has 2 rings (SSSR count). The number of hydrogen-bond donors (Lipinski definition) is 2. The molecule has 0 radical (unpaired) electrons. The molecule has 0 aromatic heterocycles. The molecule has 0 spiro atoms. The highest BCUT2D eigenvalue weighted by Crippen LogP contribution is 2.48. The molecule has 5 nitrogen and oxygen atoms in total. The number of hydrogen-bond acceptors (Lipinski definition) is 3. The van der Waals surface area contributed by atoms with Gasteiger partial charge in [0.25, 0.3) is 0 Å². The van der Waals surface area contributed by atoms with Crippen LogP contribution in [0.2, 0.25) is 0 Å². The Morgan fingerprint density at radius 3 is 2.35 bits per heavy atom. The minimum absolute atomic E-state index is 0.196. The van der Waals surface area contributed by atoms with Crippen LogP contribution in [0.15, 0.2) is 6.07 Å². The third-order valence-corrected chi connectivity index (χ3v) is 3.14. The molecule has 0 atom stereocenters. The summed E-state index contributed by atoms with van der Waals surface area (Å²) >= 11 is 0. The van der Waals surface area contributed by atoms with Crippen molar-refractivity contribution in [1.82, 2.24) is 5.32 Å². The van der Waals surface area contributed by atoms with Crippen LogP contribution >= 0.6 is 0 Å². The van der Waals surface area contributed by atoms with Crippen molar-refractivity contribution in [3.8, 4) is 0 Å². The number of carboxylic acid groups (broad SMARTS) is 1. The lowest BCUT2D eigenvalue weighted by Crippen LogP contribution is -2.36. The van der Waals surface area contributed by atoms with Crippen molar-refractivity contribution in [3.63, 3.8) is 0 Å². The predicted octanol–water partition coefficient (Wildman–Crippen LogP) is 2.15. The van der Waals surface area contributed by atoms with Gasteiger partial charge in [-0.05, 0) is 18.9 Å². The molecule has 0 unspecified atom stereocenters. The second kappa shape index (κ2) is 4.69. The fourth-order valence-corrected chi connectivity index (χ4v) is 2.00. The maximum absolute atomic E-state index is 13.9. The summed E-state index contributed by atoms with van der Waals surface area (Å²) in [6.45, 7) is 0. The molecule has 1 saturated carbocycles. The first-order valence-corrected chi connectivity index (χ1v) is 5.60. The van der Waals surface area contributed by atoms with E-state index in [2.05, 4.69) is 10.1 Å². The van der Waals surface area contributed by atoms with Gasteiger partial charge in [0, 0.05) is 0 Å². The topological polar surface area (TPSA) is 75.6 Å². The molecular weight excluding hydrogens is 279 g/mol. The van der Waals surface area contributed by atoms with Crippen molar-refractivity contribution in [2.24, 2.45) is 0 Å². The van der Waals surface area contributed by atoms with E-state index < -0.39 is 46.2 Å². The first-order valence-electron chi connectivity index (χ1n) is 5.60. The van der Waals surface area contributed by atoms with E-state index in [1.54, 1.807) is 0 Å². The van der Waals surface area contributed by atoms with Crippen LogP contribution in [0.4, 0.5) is 18.0 Å². The van der Waals surface area contributed by atoms with E-state index in [1.165, 1.54) is 0 Å². The zero-order chi connectivity index (χ0) is 15.1. The standard InChI is InChI=1S/C12H10F3NO4/c1-20-11(19)16-12(2-3-12)7-6(13)4-5(10(17)18)8(14)9(7)15/h4H,2-3H2,1H3,(H,16,19)(H,17,18). The van der Waals surface area contributed by atoms with Crippen LogP contribution in [0.1, 0.15) is 28.8 Å². The monoisotopic (exact) mass is 289 g/mol. The Balaban J connectivity index is 2.51. The smallest absolute Gasteiger partial charge is 0.407 e. The second-order valence-corrected chi connectivity index (χ2v) is 4.41. The van der Waals surface area contributed by atoms with E-state index in [-0.39, 0.29) is 12.8 Å². The highest BCUT2D eigenvalue weighted by atomic mass is 19.2. The van der Waals surface area contributed by atoms with Crippen molar-refractivity contribution in [2.75, 3.05) is 7.11 Å². The molecule has 8 heteroatoms. The number of aromatic carboxylic acids is 1. The van der Waals surface area contributed by atoms with Gasteiger partial charge < -0.3 is 15.2 Å². The lowest BCUT2D eigenvalue weighted by atomic mass is 10.0. The summed E-state index contributed by atoms with van der Waals surface area (Å²) in [7, 11) is 1.08. The first kappa shape index (κ1) is 14.2. The van der Waals surface area contributed by atoms with Gasteiger partial charge in [-0.25, -0.2) is 22.8 Å². The summed E-state index contributed by atoms with van der Waals surface area (Å²) in [5, 5.41) is 10.9. The molecular formula is C12H10F3NO4. The second-order valence-electron chi connectivity index (χ2n) is 4.41. The van der Waals surface area contributed by atoms with E-state index in [9.17, 15) is 22.8 Å². The summed E-state index contributed by atoms with van der Waals surface area (Å²) in [5.74, 6) is -6.28. The predicted molar refractivity (Wildman–Crippen MR) is 59.7 cm³/mol. The number of ether oxygens (including phenoxy) is 1. The molecule has 1 fully saturated rings. The van der Waals surface area contributed by atoms with Crippen LogP contribution in [-0.4, -0.2) is 24.3 Å². The summed E-state index contributed by atoms with van der Waals surface area (Å²) in [6.07, 6.45) is -0.520. The quantitative estimate of drug-likeness (QED) is 0.836. The SMILES string of the molecule is COC(=O)NC1(c2c(F)cc(C(=O)O)c(F)c2F)CC1. The van der Waals surface area contributed by atoms with Gasteiger partial charge in [-0.1, -0.05) is 0 Å². The number of nitrogens with one attached hydrogen (secondary N) is 1. The highest BCUT2D eigenvalue weighted by molar-refractivity contribution is 5.88. The Labute approximate surface area is 111 Å². The van der Waals surface area contributed by atoms with Crippen molar-refractivity contribution >= 4 is 12.1 Å². The molecule has 0 saturated heterocycles. The van der Waals surface area contributed by atoms with Crippen LogP contribution in [0.3, 0.4) is 0 Å². The molecule has 0 aliphatic heterocycles. The van der Waals surface area contributed by atoms with E-state index >= 15 is 0 Å². The van der Waals surface area contributed by atoms with E-state index in [0.29, 0.717) is 6.07 Å². The third-order valence-electron chi connectivity index (χ3n) is 3.14. The van der Waals surface area contributed by atoms with Gasteiger partial charge in [-0.15, -0.1) is 0 Å². The van der Waals surface area contributed by atoms with Gasteiger partial charge in [0.15, 0.2) is 11.6 Å². The molecule has 1 amide bonds. The van der Waals surface area contributed by atoms with Crippen LogP contribution in [0.25, 0.3) is 0 Å². The Hall–Kier alpha value is -2.25. The Morgan fingerprint density at radius 2 is 1.90 bits per heavy atom. The molecule has 1 aliphatic rings. The molecule has 0 heterocycles. The van der Waals surface area contributed by atoms with Gasteiger partial charge >= 0.3 is 12.1 Å². The zero-order valence-electron chi connectivity index (χ0n) is 10.3. The zero-order valence-corrected chi connectivity index (χ0v) is 10.3. The third kappa shape index (κ3) is 2.17. The normalized spacial score (nSPS) is 15.6. The number of rotatable bonds is 3. The van der Waals surface area contributed by atoms with Crippen LogP contribution in [0, 0.1) is 17.5 Å². The number of carboxylic acids is 1. The first-order chi connectivity index (χ1) is 9.32. The molecule has 1 aromatic carbocycles. The summed E-state index contributed by atoms with van der Waals surface area (Å²) in [4.78, 5) is 21.8. The Morgan fingerprint density at radius 1 is 1.30 bits per heavy atom. The molecule has 108 valence electrons. The minimum atomic E-state index is -1.78. The van der Waals surface area contributed by atoms with Crippen LogP contribution in [0.5, 0.6) is 0 Å². The van der Waals surface area contributed by atoms with Gasteiger partial charge in [0.05, 0.1) is 18.2 Å². The number of benzene rings is 1.